The molecule has 0 bridgehead atoms. The first kappa shape index (κ1) is 12.1. The van der Waals surface area contributed by atoms with Crippen LogP contribution in [0.3, 0.4) is 0 Å². The van der Waals surface area contributed by atoms with Crippen molar-refractivity contribution in [2.75, 3.05) is 7.11 Å². The summed E-state index contributed by atoms with van der Waals surface area (Å²) < 4.78 is 23.0. The second kappa shape index (κ2) is 4.88. The van der Waals surface area contributed by atoms with Crippen LogP contribution in [0.15, 0.2) is 29.5 Å². The molecule has 1 aliphatic heterocycles. The molecule has 0 aromatic heterocycles. The fourth-order valence-electron chi connectivity index (χ4n) is 1.77. The van der Waals surface area contributed by atoms with Crippen molar-refractivity contribution < 1.29 is 18.7 Å². The Morgan fingerprint density at radius 1 is 1.50 bits per heavy atom. The summed E-state index contributed by atoms with van der Waals surface area (Å²) in [4.78, 5) is 11.4. The van der Waals surface area contributed by atoms with E-state index in [-0.39, 0.29) is 17.1 Å². The molecule has 0 saturated heterocycles. The van der Waals surface area contributed by atoms with Crippen molar-refractivity contribution in [1.29, 1.82) is 5.26 Å². The highest BCUT2D eigenvalue weighted by atomic mass is 19.1. The minimum Gasteiger partial charge on any atom is -0.465 e. The summed E-state index contributed by atoms with van der Waals surface area (Å²) in [6, 6.07) is 5.91. The van der Waals surface area contributed by atoms with Gasteiger partial charge in [0.2, 0.25) is 0 Å². The van der Waals surface area contributed by atoms with E-state index in [9.17, 15) is 9.18 Å². The van der Waals surface area contributed by atoms with E-state index < -0.39 is 5.97 Å². The van der Waals surface area contributed by atoms with Gasteiger partial charge in [0.1, 0.15) is 23.4 Å². The number of carbonyl (C=O) groups excluding carboxylic acids is 1. The van der Waals surface area contributed by atoms with E-state index in [4.69, 9.17) is 10.00 Å². The molecule has 1 aliphatic rings. The molecule has 0 aliphatic carbocycles. The molecule has 1 heterocycles. The van der Waals surface area contributed by atoms with Crippen molar-refractivity contribution >= 4 is 5.97 Å². The number of rotatable bonds is 1. The van der Waals surface area contributed by atoms with Gasteiger partial charge in [0.05, 0.1) is 7.11 Å². The van der Waals surface area contributed by atoms with E-state index in [0.717, 1.165) is 5.56 Å². The summed E-state index contributed by atoms with van der Waals surface area (Å²) in [6.07, 6.45) is 0.888. The van der Waals surface area contributed by atoms with Crippen LogP contribution in [0, 0.1) is 17.1 Å². The van der Waals surface area contributed by atoms with E-state index in [1.807, 2.05) is 0 Å². The molecule has 4 nitrogen and oxygen atoms in total. The van der Waals surface area contributed by atoms with E-state index in [0.29, 0.717) is 18.6 Å². The van der Waals surface area contributed by atoms with E-state index in [1.54, 1.807) is 6.07 Å². The number of nitrogens with zero attached hydrogens (tertiary/aromatic N) is 1. The molecule has 0 spiro atoms. The molecular weight excluding hydrogens is 237 g/mol. The summed E-state index contributed by atoms with van der Waals surface area (Å²) in [5.41, 5.74) is 0.577. The number of nitriles is 1. The first-order chi connectivity index (χ1) is 8.65. The Labute approximate surface area is 103 Å². The van der Waals surface area contributed by atoms with Crippen LogP contribution in [0.5, 0.6) is 5.75 Å². The Morgan fingerprint density at radius 3 is 2.94 bits per heavy atom. The van der Waals surface area contributed by atoms with Gasteiger partial charge in [0.25, 0.3) is 0 Å². The quantitative estimate of drug-likeness (QED) is 0.433. The third-order valence-corrected chi connectivity index (χ3v) is 2.66. The molecule has 2 rings (SSSR count). The van der Waals surface area contributed by atoms with Gasteiger partial charge in [-0.3, -0.25) is 0 Å². The lowest BCUT2D eigenvalue weighted by Gasteiger charge is -2.20. The van der Waals surface area contributed by atoms with Gasteiger partial charge in [0, 0.05) is 6.42 Å². The summed E-state index contributed by atoms with van der Waals surface area (Å²) in [5, 5.41) is 8.92. The molecule has 1 aromatic rings. The van der Waals surface area contributed by atoms with Gasteiger partial charge in [-0.2, -0.15) is 5.26 Å². The van der Waals surface area contributed by atoms with Gasteiger partial charge in [-0.15, -0.1) is 0 Å². The standard InChI is InChI=1S/C13H10FNO3/c1-17-13(16)10(7-15)12-4-2-8-6-9(14)3-5-11(8)18-12/h3,5-6H,2,4H2,1H3. The van der Waals surface area contributed by atoms with Gasteiger partial charge in [0.15, 0.2) is 5.57 Å². The normalized spacial score (nSPS) is 16.1. The SMILES string of the molecule is COC(=O)C(C#N)=C1CCc2cc(F)ccc2O1. The summed E-state index contributed by atoms with van der Waals surface area (Å²) >= 11 is 0. The Kier molecular flexibility index (Phi) is 3.28. The zero-order chi connectivity index (χ0) is 13.1. The lowest BCUT2D eigenvalue weighted by Crippen LogP contribution is -2.14. The fourth-order valence-corrected chi connectivity index (χ4v) is 1.77. The molecule has 18 heavy (non-hydrogen) atoms. The van der Waals surface area contributed by atoms with Crippen molar-refractivity contribution in [2.45, 2.75) is 12.8 Å². The lowest BCUT2D eigenvalue weighted by molar-refractivity contribution is -0.135. The molecular formula is C13H10FNO3. The predicted molar refractivity (Wildman–Crippen MR) is 60.0 cm³/mol. The zero-order valence-electron chi connectivity index (χ0n) is 9.70. The maximum Gasteiger partial charge on any atom is 0.352 e. The van der Waals surface area contributed by atoms with Gasteiger partial charge in [-0.1, -0.05) is 0 Å². The number of hydrogen-bond acceptors (Lipinski definition) is 4. The number of carbonyl (C=O) groups is 1. The summed E-state index contributed by atoms with van der Waals surface area (Å²) in [5.74, 6) is -0.325. The average Bonchev–Trinajstić information content (AvgIpc) is 2.39. The molecule has 1 aromatic carbocycles. The molecule has 0 atom stereocenters. The number of benzene rings is 1. The van der Waals surface area contributed by atoms with Crippen molar-refractivity contribution in [3.05, 3.63) is 40.9 Å². The predicted octanol–water partition coefficient (Wildman–Crippen LogP) is 2.10. The van der Waals surface area contributed by atoms with Crippen LogP contribution in [-0.4, -0.2) is 13.1 Å². The van der Waals surface area contributed by atoms with Crippen molar-refractivity contribution in [2.24, 2.45) is 0 Å². The number of aryl methyl sites for hydroxylation is 1. The van der Waals surface area contributed by atoms with Crippen LogP contribution in [0.2, 0.25) is 0 Å². The molecule has 0 N–H and O–H groups in total. The highest BCUT2D eigenvalue weighted by Crippen LogP contribution is 2.31. The Bertz CT molecular complexity index is 572. The summed E-state index contributed by atoms with van der Waals surface area (Å²) in [6.45, 7) is 0. The maximum absolute atomic E-state index is 13.0. The first-order valence-electron chi connectivity index (χ1n) is 5.33. The van der Waals surface area contributed by atoms with E-state index in [2.05, 4.69) is 4.74 Å². The van der Waals surface area contributed by atoms with E-state index >= 15 is 0 Å². The third kappa shape index (κ3) is 2.18. The summed E-state index contributed by atoms with van der Waals surface area (Å²) in [7, 11) is 1.20. The minimum absolute atomic E-state index is 0.146. The molecule has 5 heteroatoms. The van der Waals surface area contributed by atoms with Crippen LogP contribution >= 0.6 is 0 Å². The van der Waals surface area contributed by atoms with Gasteiger partial charge in [-0.25, -0.2) is 9.18 Å². The number of halogens is 1. The Hall–Kier alpha value is -2.35. The molecule has 0 saturated carbocycles. The van der Waals surface area contributed by atoms with Crippen LogP contribution in [0.25, 0.3) is 0 Å². The topological polar surface area (TPSA) is 59.3 Å². The zero-order valence-corrected chi connectivity index (χ0v) is 9.70. The minimum atomic E-state index is -0.724. The molecule has 0 fully saturated rings. The van der Waals surface area contributed by atoms with Crippen LogP contribution < -0.4 is 4.74 Å². The van der Waals surface area contributed by atoms with Crippen LogP contribution in [0.4, 0.5) is 4.39 Å². The third-order valence-electron chi connectivity index (χ3n) is 2.66. The second-order valence-electron chi connectivity index (χ2n) is 3.76. The second-order valence-corrected chi connectivity index (χ2v) is 3.76. The average molecular weight is 247 g/mol. The first-order valence-corrected chi connectivity index (χ1v) is 5.33. The van der Waals surface area contributed by atoms with Gasteiger partial charge >= 0.3 is 5.97 Å². The fraction of sp³-hybridized carbons (Fsp3) is 0.231. The van der Waals surface area contributed by atoms with Crippen LogP contribution in [0.1, 0.15) is 12.0 Å². The number of hydrogen-bond donors (Lipinski definition) is 0. The van der Waals surface area contributed by atoms with Crippen LogP contribution in [-0.2, 0) is 16.0 Å². The largest absolute Gasteiger partial charge is 0.465 e. The van der Waals surface area contributed by atoms with Crippen molar-refractivity contribution in [1.82, 2.24) is 0 Å². The monoisotopic (exact) mass is 247 g/mol. The number of methoxy groups -OCH3 is 1. The number of fused-ring (bicyclic) bond motifs is 1. The molecule has 0 unspecified atom stereocenters. The number of allylic oxidation sites excluding steroid dienone is 1. The van der Waals surface area contributed by atoms with Crippen molar-refractivity contribution in [3.8, 4) is 11.8 Å². The Balaban J connectivity index is 2.37. The highest BCUT2D eigenvalue weighted by Gasteiger charge is 2.23. The smallest absolute Gasteiger partial charge is 0.352 e. The number of esters is 1. The number of ether oxygens (including phenoxy) is 2. The van der Waals surface area contributed by atoms with Gasteiger partial charge in [-0.05, 0) is 30.2 Å². The molecule has 0 radical (unpaired) electrons. The van der Waals surface area contributed by atoms with Crippen molar-refractivity contribution in [3.63, 3.8) is 0 Å². The molecule has 92 valence electrons. The maximum atomic E-state index is 13.0. The Morgan fingerprint density at radius 2 is 2.28 bits per heavy atom. The lowest BCUT2D eigenvalue weighted by atomic mass is 10.0. The molecule has 0 amide bonds. The van der Waals surface area contributed by atoms with Gasteiger partial charge < -0.3 is 9.47 Å². The highest BCUT2D eigenvalue weighted by molar-refractivity contribution is 5.93. The van der Waals surface area contributed by atoms with E-state index in [1.165, 1.54) is 25.3 Å².